The second-order valence-electron chi connectivity index (χ2n) is 9.05. The maximum absolute atomic E-state index is 12.9. The number of carbonyl (C=O) groups excluding carboxylic acids is 2. The number of allylic oxidation sites excluding steroid dienone is 1. The first-order chi connectivity index (χ1) is 15.2. The zero-order valence-electron chi connectivity index (χ0n) is 18.5. The number of hydrogen-bond donors (Lipinski definition) is 3. The standard InChI is InChI=1S/C25H28N4O2S/c1-25(2,3)21-15-32-24(27-21)28-22(30)12-18-14-29(13-16-7-5-4-6-8-16)20-10-9-17(23(26)31)11-19(18)20/h4-11,14-15,24,27H,12-13H2,1-3H3,(H2,26,31)(H,28,30). The molecular weight excluding hydrogens is 420 g/mol. The van der Waals surface area contributed by atoms with E-state index >= 15 is 0 Å². The van der Waals surface area contributed by atoms with Gasteiger partial charge in [0.15, 0.2) is 5.50 Å². The Labute approximate surface area is 192 Å². The fourth-order valence-corrected chi connectivity index (χ4v) is 4.84. The van der Waals surface area contributed by atoms with Crippen LogP contribution in [0, 0.1) is 5.41 Å². The topological polar surface area (TPSA) is 89.2 Å². The Morgan fingerprint density at radius 3 is 2.56 bits per heavy atom. The minimum absolute atomic E-state index is 0.00248. The number of hydrogen-bond acceptors (Lipinski definition) is 4. The van der Waals surface area contributed by atoms with Crippen molar-refractivity contribution < 1.29 is 9.59 Å². The monoisotopic (exact) mass is 448 g/mol. The summed E-state index contributed by atoms with van der Waals surface area (Å²) < 4.78 is 2.11. The minimum atomic E-state index is -0.481. The van der Waals surface area contributed by atoms with E-state index in [1.807, 2.05) is 30.5 Å². The van der Waals surface area contributed by atoms with Crippen molar-refractivity contribution in [2.24, 2.45) is 11.1 Å². The van der Waals surface area contributed by atoms with Gasteiger partial charge in [-0.1, -0.05) is 62.9 Å². The molecule has 0 saturated carbocycles. The number of primary amides is 1. The van der Waals surface area contributed by atoms with Gasteiger partial charge in [-0.05, 0) is 34.7 Å². The summed E-state index contributed by atoms with van der Waals surface area (Å²) >= 11 is 1.56. The van der Waals surface area contributed by atoms with Crippen molar-refractivity contribution in [3.05, 3.63) is 82.5 Å². The van der Waals surface area contributed by atoms with E-state index in [9.17, 15) is 9.59 Å². The van der Waals surface area contributed by atoms with Crippen molar-refractivity contribution in [2.75, 3.05) is 0 Å². The SMILES string of the molecule is CC(C)(C)C1=CSC(NC(=O)Cc2cn(Cc3ccccc3)c3ccc(C(N)=O)cc23)N1. The van der Waals surface area contributed by atoms with Crippen LogP contribution in [-0.4, -0.2) is 21.9 Å². The van der Waals surface area contributed by atoms with Gasteiger partial charge in [0.25, 0.3) is 0 Å². The first kappa shape index (κ1) is 22.0. The van der Waals surface area contributed by atoms with E-state index in [2.05, 4.69) is 53.5 Å². The average Bonchev–Trinajstić information content (AvgIpc) is 3.34. The minimum Gasteiger partial charge on any atom is -0.366 e. The molecule has 2 aromatic carbocycles. The van der Waals surface area contributed by atoms with E-state index in [4.69, 9.17) is 5.73 Å². The Bertz CT molecular complexity index is 1190. The summed E-state index contributed by atoms with van der Waals surface area (Å²) in [7, 11) is 0. The van der Waals surface area contributed by atoms with Crippen LogP contribution < -0.4 is 16.4 Å². The van der Waals surface area contributed by atoms with Crippen molar-refractivity contribution >= 4 is 34.5 Å². The zero-order valence-corrected chi connectivity index (χ0v) is 19.3. The molecule has 1 aliphatic heterocycles. The third-order valence-corrected chi connectivity index (χ3v) is 6.38. The molecule has 6 nitrogen and oxygen atoms in total. The highest BCUT2D eigenvalue weighted by atomic mass is 32.2. The number of amides is 2. The molecule has 1 unspecified atom stereocenters. The summed E-state index contributed by atoms with van der Waals surface area (Å²) in [6.07, 6.45) is 2.21. The molecule has 1 aliphatic rings. The van der Waals surface area contributed by atoms with Crippen LogP contribution in [0.3, 0.4) is 0 Å². The van der Waals surface area contributed by atoms with Crippen LogP contribution in [0.1, 0.15) is 42.3 Å². The smallest absolute Gasteiger partial charge is 0.248 e. The fraction of sp³-hybridized carbons (Fsp3) is 0.280. The third kappa shape index (κ3) is 4.83. The Hall–Kier alpha value is -3.19. The predicted molar refractivity (Wildman–Crippen MR) is 130 cm³/mol. The molecule has 2 heterocycles. The summed E-state index contributed by atoms with van der Waals surface area (Å²) in [4.78, 5) is 24.6. The fourth-order valence-electron chi connectivity index (χ4n) is 3.75. The quantitative estimate of drug-likeness (QED) is 0.533. The van der Waals surface area contributed by atoms with Gasteiger partial charge < -0.3 is 20.9 Å². The van der Waals surface area contributed by atoms with E-state index < -0.39 is 5.91 Å². The van der Waals surface area contributed by atoms with Gasteiger partial charge in [0.1, 0.15) is 0 Å². The highest BCUT2D eigenvalue weighted by molar-refractivity contribution is 8.02. The van der Waals surface area contributed by atoms with Crippen LogP contribution in [0.15, 0.2) is 65.8 Å². The highest BCUT2D eigenvalue weighted by Gasteiger charge is 2.26. The number of nitrogens with two attached hydrogens (primary N) is 1. The summed E-state index contributed by atoms with van der Waals surface area (Å²) in [6.45, 7) is 7.07. The van der Waals surface area contributed by atoms with E-state index in [1.165, 1.54) is 0 Å². The lowest BCUT2D eigenvalue weighted by Gasteiger charge is -2.23. The molecule has 4 rings (SSSR count). The lowest BCUT2D eigenvalue weighted by molar-refractivity contribution is -0.120. The molecule has 0 spiro atoms. The number of nitrogens with zero attached hydrogens (tertiary/aromatic N) is 1. The molecular formula is C25H28N4O2S. The lowest BCUT2D eigenvalue weighted by Crippen LogP contribution is -2.42. The Morgan fingerprint density at radius 1 is 1.16 bits per heavy atom. The molecule has 0 aliphatic carbocycles. The van der Waals surface area contributed by atoms with Gasteiger partial charge >= 0.3 is 0 Å². The van der Waals surface area contributed by atoms with Gasteiger partial charge in [-0.2, -0.15) is 0 Å². The first-order valence-electron chi connectivity index (χ1n) is 10.6. The van der Waals surface area contributed by atoms with Gasteiger partial charge in [-0.3, -0.25) is 9.59 Å². The number of aromatic nitrogens is 1. The van der Waals surface area contributed by atoms with Crippen LogP contribution in [0.2, 0.25) is 0 Å². The molecule has 7 heteroatoms. The number of nitrogens with one attached hydrogen (secondary N) is 2. The molecule has 1 aromatic heterocycles. The average molecular weight is 449 g/mol. The maximum atomic E-state index is 12.9. The van der Waals surface area contributed by atoms with Crippen LogP contribution in [0.4, 0.5) is 0 Å². The normalized spacial score (nSPS) is 16.0. The summed E-state index contributed by atoms with van der Waals surface area (Å²) in [5.74, 6) is -0.563. The molecule has 2 amide bonds. The van der Waals surface area contributed by atoms with Crippen molar-refractivity contribution in [1.82, 2.24) is 15.2 Å². The maximum Gasteiger partial charge on any atom is 0.248 e. The molecule has 32 heavy (non-hydrogen) atoms. The molecule has 0 radical (unpaired) electrons. The molecule has 166 valence electrons. The Balaban J connectivity index is 1.56. The summed E-state index contributed by atoms with van der Waals surface area (Å²) in [6, 6.07) is 15.5. The van der Waals surface area contributed by atoms with Crippen molar-refractivity contribution in [1.29, 1.82) is 0 Å². The van der Waals surface area contributed by atoms with Gasteiger partial charge in [0.05, 0.1) is 6.42 Å². The summed E-state index contributed by atoms with van der Waals surface area (Å²) in [5, 5.41) is 9.36. The van der Waals surface area contributed by atoms with Gasteiger partial charge in [-0.15, -0.1) is 0 Å². The molecule has 1 atom stereocenters. The van der Waals surface area contributed by atoms with Crippen molar-refractivity contribution in [2.45, 2.75) is 39.2 Å². The third-order valence-electron chi connectivity index (χ3n) is 5.50. The second-order valence-corrected chi connectivity index (χ2v) is 10.0. The number of rotatable bonds is 6. The van der Waals surface area contributed by atoms with Crippen molar-refractivity contribution in [3.63, 3.8) is 0 Å². The van der Waals surface area contributed by atoms with Crippen LogP contribution in [0.25, 0.3) is 10.9 Å². The van der Waals surface area contributed by atoms with Crippen LogP contribution in [0.5, 0.6) is 0 Å². The predicted octanol–water partition coefficient (Wildman–Crippen LogP) is 3.95. The Morgan fingerprint density at radius 2 is 1.91 bits per heavy atom. The largest absolute Gasteiger partial charge is 0.366 e. The van der Waals surface area contributed by atoms with Gasteiger partial charge in [0, 0.05) is 40.3 Å². The van der Waals surface area contributed by atoms with Gasteiger partial charge in [-0.25, -0.2) is 0 Å². The lowest BCUT2D eigenvalue weighted by atomic mass is 9.93. The molecule has 0 bridgehead atoms. The molecule has 3 aromatic rings. The first-order valence-corrected chi connectivity index (χ1v) is 11.5. The van der Waals surface area contributed by atoms with E-state index in [0.29, 0.717) is 12.1 Å². The Kier molecular flexibility index (Phi) is 6.02. The zero-order chi connectivity index (χ0) is 22.9. The molecule has 0 fully saturated rings. The number of carbonyl (C=O) groups is 2. The van der Waals surface area contributed by atoms with E-state index in [0.717, 1.165) is 27.7 Å². The van der Waals surface area contributed by atoms with Gasteiger partial charge in [0.2, 0.25) is 11.8 Å². The van der Waals surface area contributed by atoms with Crippen LogP contribution >= 0.6 is 11.8 Å². The number of fused-ring (bicyclic) bond motifs is 1. The van der Waals surface area contributed by atoms with E-state index in [1.54, 1.807) is 23.9 Å². The van der Waals surface area contributed by atoms with Crippen molar-refractivity contribution in [3.8, 4) is 0 Å². The number of thioether (sulfide) groups is 1. The second kappa shape index (κ2) is 8.74. The summed E-state index contributed by atoms with van der Waals surface area (Å²) in [5.41, 5.74) is 9.85. The molecule has 0 saturated heterocycles. The number of benzene rings is 2. The highest BCUT2D eigenvalue weighted by Crippen LogP contribution is 2.32. The van der Waals surface area contributed by atoms with E-state index in [-0.39, 0.29) is 23.2 Å². The van der Waals surface area contributed by atoms with Crippen LogP contribution in [-0.2, 0) is 17.8 Å². The molecule has 4 N–H and O–H groups in total.